The molecule has 2 nitrogen and oxygen atoms in total. The van der Waals surface area contributed by atoms with Gasteiger partial charge in [0.2, 0.25) is 0 Å². The number of halogens is 2. The second-order valence-corrected chi connectivity index (χ2v) is 6.12. The number of alkyl halides is 1. The molecule has 1 aliphatic rings. The second kappa shape index (κ2) is 4.46. The van der Waals surface area contributed by atoms with Crippen LogP contribution in [-0.4, -0.2) is 14.6 Å². The summed E-state index contributed by atoms with van der Waals surface area (Å²) >= 11 is 9.91. The summed E-state index contributed by atoms with van der Waals surface area (Å²) in [5.41, 5.74) is 2.14. The van der Waals surface area contributed by atoms with Crippen LogP contribution in [-0.2, 0) is 13.5 Å². The Labute approximate surface area is 104 Å². The van der Waals surface area contributed by atoms with E-state index in [2.05, 4.69) is 21.0 Å². The van der Waals surface area contributed by atoms with Crippen LogP contribution in [0.5, 0.6) is 0 Å². The number of aryl methyl sites for hydroxylation is 2. The summed E-state index contributed by atoms with van der Waals surface area (Å²) in [4.78, 5) is 0.704. The zero-order valence-corrected chi connectivity index (χ0v) is 11.5. The molecule has 2 rings (SSSR count). The lowest BCUT2D eigenvalue weighted by molar-refractivity contribution is 0.522. The van der Waals surface area contributed by atoms with E-state index in [1.165, 1.54) is 25.0 Å². The smallest absolute Gasteiger partial charge is 0.0847 e. The van der Waals surface area contributed by atoms with Gasteiger partial charge in [0, 0.05) is 11.9 Å². The van der Waals surface area contributed by atoms with E-state index in [-0.39, 0.29) is 0 Å². The zero-order valence-electron chi connectivity index (χ0n) is 9.13. The van der Waals surface area contributed by atoms with Gasteiger partial charge < -0.3 is 0 Å². The van der Waals surface area contributed by atoms with E-state index in [1.54, 1.807) is 0 Å². The van der Waals surface area contributed by atoms with Crippen molar-refractivity contribution in [3.8, 4) is 0 Å². The highest BCUT2D eigenvalue weighted by Crippen LogP contribution is 2.34. The average Bonchev–Trinajstić information content (AvgIpc) is 2.67. The molecule has 0 saturated heterocycles. The third-order valence-electron chi connectivity index (χ3n) is 3.22. The molecule has 1 saturated carbocycles. The van der Waals surface area contributed by atoms with E-state index in [0.717, 1.165) is 23.1 Å². The molecule has 0 aliphatic heterocycles. The summed E-state index contributed by atoms with van der Waals surface area (Å²) in [5, 5.41) is 5.20. The molecule has 1 aromatic rings. The Morgan fingerprint density at radius 2 is 2.27 bits per heavy atom. The number of hydrogen-bond acceptors (Lipinski definition) is 1. The van der Waals surface area contributed by atoms with Gasteiger partial charge in [0.05, 0.1) is 16.4 Å². The highest BCUT2D eigenvalue weighted by atomic mass is 79.9. The lowest BCUT2D eigenvalue weighted by Crippen LogP contribution is -2.06. The maximum absolute atomic E-state index is 6.23. The van der Waals surface area contributed by atoms with Crippen LogP contribution in [0, 0.1) is 12.8 Å². The molecule has 0 aromatic carbocycles. The molecule has 1 aliphatic carbocycles. The summed E-state index contributed by atoms with van der Waals surface area (Å²) in [7, 11) is 1.98. The summed E-state index contributed by atoms with van der Waals surface area (Å²) in [6.07, 6.45) is 4.93. The van der Waals surface area contributed by atoms with Crippen molar-refractivity contribution in [2.45, 2.75) is 37.4 Å². The van der Waals surface area contributed by atoms with E-state index < -0.39 is 0 Å². The normalized spacial score (nSPS) is 26.1. The Balaban J connectivity index is 2.10. The molecule has 0 radical (unpaired) electrons. The molecular weight excluding hydrogens is 275 g/mol. The van der Waals surface area contributed by atoms with Crippen LogP contribution < -0.4 is 0 Å². The van der Waals surface area contributed by atoms with E-state index in [9.17, 15) is 0 Å². The van der Waals surface area contributed by atoms with E-state index in [0.29, 0.717) is 4.83 Å². The highest BCUT2D eigenvalue weighted by Gasteiger charge is 2.25. The van der Waals surface area contributed by atoms with Gasteiger partial charge in [-0.2, -0.15) is 5.10 Å². The molecule has 15 heavy (non-hydrogen) atoms. The first-order chi connectivity index (χ1) is 7.08. The molecule has 0 N–H and O–H groups in total. The van der Waals surface area contributed by atoms with E-state index in [1.807, 2.05) is 18.7 Å². The second-order valence-electron chi connectivity index (χ2n) is 4.45. The largest absolute Gasteiger partial charge is 0.271 e. The molecule has 4 heteroatoms. The van der Waals surface area contributed by atoms with E-state index in [4.69, 9.17) is 11.6 Å². The Hall–Kier alpha value is -0.0200. The van der Waals surface area contributed by atoms with Crippen LogP contribution in [0.4, 0.5) is 0 Å². The first-order valence-corrected chi connectivity index (χ1v) is 6.69. The van der Waals surface area contributed by atoms with Gasteiger partial charge in [0.1, 0.15) is 0 Å². The Morgan fingerprint density at radius 3 is 2.73 bits per heavy atom. The zero-order chi connectivity index (χ0) is 11.0. The molecule has 0 amide bonds. The topological polar surface area (TPSA) is 17.8 Å². The molecule has 2 unspecified atom stereocenters. The van der Waals surface area contributed by atoms with Gasteiger partial charge in [0.15, 0.2) is 0 Å². The molecular formula is C11H16BrClN2. The van der Waals surface area contributed by atoms with Gasteiger partial charge in [0.25, 0.3) is 0 Å². The molecule has 84 valence electrons. The van der Waals surface area contributed by atoms with E-state index >= 15 is 0 Å². The van der Waals surface area contributed by atoms with Crippen molar-refractivity contribution in [3.63, 3.8) is 0 Å². The average molecular weight is 292 g/mol. The molecule has 1 aromatic heterocycles. The molecule has 2 atom stereocenters. The predicted octanol–water partition coefficient (Wildman–Crippen LogP) is 3.49. The minimum atomic E-state index is 0.704. The number of rotatable bonds is 2. The van der Waals surface area contributed by atoms with Crippen LogP contribution in [0.25, 0.3) is 0 Å². The SMILES string of the molecule is Cc1nn(C)c(CC2CCC(Br)C2)c1Cl. The summed E-state index contributed by atoms with van der Waals surface area (Å²) in [5.74, 6) is 0.765. The maximum Gasteiger partial charge on any atom is 0.0847 e. The Kier molecular flexibility index (Phi) is 3.41. The minimum Gasteiger partial charge on any atom is -0.271 e. The van der Waals surface area contributed by atoms with Crippen LogP contribution in [0.1, 0.15) is 30.7 Å². The molecule has 0 bridgehead atoms. The maximum atomic E-state index is 6.23. The lowest BCUT2D eigenvalue weighted by atomic mass is 10.0. The first-order valence-electron chi connectivity index (χ1n) is 5.40. The van der Waals surface area contributed by atoms with Crippen molar-refractivity contribution in [3.05, 3.63) is 16.4 Å². The molecule has 1 fully saturated rings. The third-order valence-corrected chi connectivity index (χ3v) is 4.54. The predicted molar refractivity (Wildman–Crippen MR) is 66.7 cm³/mol. The van der Waals surface area contributed by atoms with Gasteiger partial charge in [-0.05, 0) is 38.5 Å². The van der Waals surface area contributed by atoms with Crippen LogP contribution in [0.2, 0.25) is 5.02 Å². The third kappa shape index (κ3) is 2.39. The fourth-order valence-electron chi connectivity index (χ4n) is 2.37. The summed E-state index contributed by atoms with van der Waals surface area (Å²) < 4.78 is 1.93. The Morgan fingerprint density at radius 1 is 1.53 bits per heavy atom. The fraction of sp³-hybridized carbons (Fsp3) is 0.727. The number of aromatic nitrogens is 2. The Bertz CT molecular complexity index is 362. The van der Waals surface area contributed by atoms with Gasteiger partial charge in [-0.15, -0.1) is 0 Å². The van der Waals surface area contributed by atoms with Crippen LogP contribution in [0.15, 0.2) is 0 Å². The van der Waals surface area contributed by atoms with Crippen molar-refractivity contribution < 1.29 is 0 Å². The first kappa shape index (κ1) is 11.5. The summed E-state index contributed by atoms with van der Waals surface area (Å²) in [6.45, 7) is 1.97. The quantitative estimate of drug-likeness (QED) is 0.763. The highest BCUT2D eigenvalue weighted by molar-refractivity contribution is 9.09. The number of hydrogen-bond donors (Lipinski definition) is 0. The van der Waals surface area contributed by atoms with Gasteiger partial charge in [-0.3, -0.25) is 4.68 Å². The molecule has 1 heterocycles. The monoisotopic (exact) mass is 290 g/mol. The van der Waals surface area contributed by atoms with Gasteiger partial charge >= 0.3 is 0 Å². The van der Waals surface area contributed by atoms with Crippen molar-refractivity contribution >= 4 is 27.5 Å². The lowest BCUT2D eigenvalue weighted by Gasteiger charge is -2.09. The van der Waals surface area contributed by atoms with Crippen molar-refractivity contribution in [2.24, 2.45) is 13.0 Å². The van der Waals surface area contributed by atoms with Crippen molar-refractivity contribution in [2.75, 3.05) is 0 Å². The van der Waals surface area contributed by atoms with Crippen molar-refractivity contribution in [1.29, 1.82) is 0 Å². The standard InChI is InChI=1S/C11H16BrClN2/c1-7-11(13)10(15(2)14-7)6-8-3-4-9(12)5-8/h8-9H,3-6H2,1-2H3. The summed E-state index contributed by atoms with van der Waals surface area (Å²) in [6, 6.07) is 0. The molecule has 0 spiro atoms. The van der Waals surface area contributed by atoms with Crippen molar-refractivity contribution in [1.82, 2.24) is 9.78 Å². The fourth-order valence-corrected chi connectivity index (χ4v) is 3.40. The van der Waals surface area contributed by atoms with Gasteiger partial charge in [-0.1, -0.05) is 27.5 Å². The number of nitrogens with zero attached hydrogens (tertiary/aromatic N) is 2. The minimum absolute atomic E-state index is 0.704. The van der Waals surface area contributed by atoms with Gasteiger partial charge in [-0.25, -0.2) is 0 Å². The van der Waals surface area contributed by atoms with Crippen LogP contribution in [0.3, 0.4) is 0 Å². The van der Waals surface area contributed by atoms with Crippen LogP contribution >= 0.6 is 27.5 Å².